The second kappa shape index (κ2) is 6.99. The molecule has 6 heteroatoms. The van der Waals surface area contributed by atoms with Crippen molar-refractivity contribution in [3.8, 4) is 5.75 Å². The van der Waals surface area contributed by atoms with Gasteiger partial charge in [0, 0.05) is 5.46 Å². The van der Waals surface area contributed by atoms with Crippen LogP contribution in [0.1, 0.15) is 38.8 Å². The third-order valence-electron chi connectivity index (χ3n) is 5.02. The molecule has 0 saturated carbocycles. The Morgan fingerprint density at radius 3 is 2.19 bits per heavy atom. The number of aryl methyl sites for hydroxylation is 1. The van der Waals surface area contributed by atoms with Gasteiger partial charge in [-0.2, -0.15) is 0 Å². The van der Waals surface area contributed by atoms with Gasteiger partial charge in [0.05, 0.1) is 15.7 Å². The Kier molecular flexibility index (Phi) is 5.21. The van der Waals surface area contributed by atoms with Crippen molar-refractivity contribution < 1.29 is 18.4 Å². The number of hydrogen-bond donors (Lipinski definition) is 0. The van der Waals surface area contributed by atoms with Crippen molar-refractivity contribution in [3.05, 3.63) is 57.8 Å². The molecule has 1 aliphatic heterocycles. The van der Waals surface area contributed by atoms with E-state index in [-0.39, 0.29) is 5.82 Å². The molecule has 1 heterocycles. The molecule has 26 heavy (non-hydrogen) atoms. The van der Waals surface area contributed by atoms with Crippen molar-refractivity contribution in [1.29, 1.82) is 0 Å². The van der Waals surface area contributed by atoms with E-state index in [1.54, 1.807) is 12.1 Å². The lowest BCUT2D eigenvalue weighted by molar-refractivity contribution is 0.00578. The molecule has 0 N–H and O–H groups in total. The van der Waals surface area contributed by atoms with E-state index in [0.717, 1.165) is 21.1 Å². The van der Waals surface area contributed by atoms with Crippen LogP contribution in [0.15, 0.2) is 40.9 Å². The van der Waals surface area contributed by atoms with Crippen molar-refractivity contribution in [2.45, 2.75) is 52.4 Å². The van der Waals surface area contributed by atoms with Crippen LogP contribution in [0.25, 0.3) is 0 Å². The first-order chi connectivity index (χ1) is 12.1. The third kappa shape index (κ3) is 3.82. The van der Waals surface area contributed by atoms with Gasteiger partial charge in [-0.15, -0.1) is 0 Å². The molecule has 0 unspecified atom stereocenters. The maximum Gasteiger partial charge on any atom is 0.498 e. The van der Waals surface area contributed by atoms with Crippen LogP contribution in [0.5, 0.6) is 5.75 Å². The minimum atomic E-state index is -0.514. The van der Waals surface area contributed by atoms with Crippen molar-refractivity contribution in [1.82, 2.24) is 0 Å². The van der Waals surface area contributed by atoms with E-state index in [2.05, 4.69) is 15.9 Å². The summed E-state index contributed by atoms with van der Waals surface area (Å²) in [5.74, 6) is 0.418. The van der Waals surface area contributed by atoms with Crippen molar-refractivity contribution in [3.63, 3.8) is 0 Å². The fraction of sp³-hybridized carbons (Fsp3) is 0.400. The Hall–Kier alpha value is -1.37. The average molecular weight is 421 g/mol. The average Bonchev–Trinajstić information content (AvgIpc) is 2.75. The maximum absolute atomic E-state index is 13.1. The molecule has 0 atom stereocenters. The summed E-state index contributed by atoms with van der Waals surface area (Å²) in [6.45, 7) is 10.4. The number of halogens is 2. The van der Waals surface area contributed by atoms with Crippen molar-refractivity contribution in [2.75, 3.05) is 0 Å². The smallest absolute Gasteiger partial charge is 0.488 e. The second-order valence-electron chi connectivity index (χ2n) is 7.67. The van der Waals surface area contributed by atoms with Crippen molar-refractivity contribution >= 4 is 28.5 Å². The van der Waals surface area contributed by atoms with Gasteiger partial charge < -0.3 is 14.0 Å². The van der Waals surface area contributed by atoms with E-state index in [9.17, 15) is 4.39 Å². The van der Waals surface area contributed by atoms with Crippen LogP contribution in [-0.4, -0.2) is 18.3 Å². The van der Waals surface area contributed by atoms with Gasteiger partial charge in [0.2, 0.25) is 0 Å². The molecule has 0 bridgehead atoms. The molecule has 2 aromatic rings. The fourth-order valence-corrected chi connectivity index (χ4v) is 3.49. The molecular weight excluding hydrogens is 398 g/mol. The Labute approximate surface area is 163 Å². The molecule has 1 aliphatic rings. The normalized spacial score (nSPS) is 18.2. The molecule has 138 valence electrons. The first-order valence-corrected chi connectivity index (χ1v) is 9.41. The molecule has 0 spiro atoms. The van der Waals surface area contributed by atoms with E-state index < -0.39 is 18.3 Å². The second-order valence-corrected chi connectivity index (χ2v) is 8.52. The van der Waals surface area contributed by atoms with Crippen LogP contribution < -0.4 is 10.2 Å². The van der Waals surface area contributed by atoms with Gasteiger partial charge in [0.1, 0.15) is 18.2 Å². The molecule has 0 aromatic heterocycles. The maximum atomic E-state index is 13.1. The minimum Gasteiger partial charge on any atom is -0.488 e. The van der Waals surface area contributed by atoms with Gasteiger partial charge in [0.25, 0.3) is 0 Å². The highest BCUT2D eigenvalue weighted by Gasteiger charge is 2.52. The van der Waals surface area contributed by atoms with Crippen LogP contribution in [0.4, 0.5) is 4.39 Å². The molecular formula is C20H23BBrFO3. The number of hydrogen-bond acceptors (Lipinski definition) is 3. The number of benzene rings is 2. The summed E-state index contributed by atoms with van der Waals surface area (Å²) in [7, 11) is -0.514. The predicted octanol–water partition coefficient (Wildman–Crippen LogP) is 4.77. The highest BCUT2D eigenvalue weighted by Crippen LogP contribution is 2.38. The molecule has 1 saturated heterocycles. The summed E-state index contributed by atoms with van der Waals surface area (Å²) < 4.78 is 32.4. The standard InChI is InChI=1S/C20H23BBrFO3/c1-13-10-16(21-25-19(2,3)20(4,5)26-21)18(17(22)11-13)24-12-14-6-8-15(23)9-7-14/h6-11H,12H2,1-5H3. The van der Waals surface area contributed by atoms with E-state index >= 15 is 0 Å². The lowest BCUT2D eigenvalue weighted by Gasteiger charge is -2.32. The Bertz CT molecular complexity index is 789. The summed E-state index contributed by atoms with van der Waals surface area (Å²) in [5, 5.41) is 0. The lowest BCUT2D eigenvalue weighted by Crippen LogP contribution is -2.41. The summed E-state index contributed by atoms with van der Waals surface area (Å²) in [6.07, 6.45) is 0. The van der Waals surface area contributed by atoms with Gasteiger partial charge in [0.15, 0.2) is 0 Å². The van der Waals surface area contributed by atoms with Gasteiger partial charge in [-0.3, -0.25) is 0 Å². The summed E-state index contributed by atoms with van der Waals surface area (Å²) >= 11 is 3.59. The topological polar surface area (TPSA) is 27.7 Å². The summed E-state index contributed by atoms with van der Waals surface area (Å²) in [4.78, 5) is 0. The van der Waals surface area contributed by atoms with Crippen LogP contribution in [0, 0.1) is 12.7 Å². The van der Waals surface area contributed by atoms with Gasteiger partial charge in [-0.25, -0.2) is 4.39 Å². The molecule has 2 aromatic carbocycles. The van der Waals surface area contributed by atoms with Crippen LogP contribution >= 0.6 is 15.9 Å². The third-order valence-corrected chi connectivity index (χ3v) is 5.61. The zero-order valence-electron chi connectivity index (χ0n) is 15.7. The van der Waals surface area contributed by atoms with Crippen molar-refractivity contribution in [2.24, 2.45) is 0 Å². The zero-order valence-corrected chi connectivity index (χ0v) is 17.3. The van der Waals surface area contributed by atoms with Gasteiger partial charge in [-0.05, 0) is 74.3 Å². The molecule has 0 radical (unpaired) electrons. The molecule has 3 rings (SSSR count). The SMILES string of the molecule is Cc1cc(Br)c(OCc2ccc(F)cc2)c(B2OC(C)(C)C(C)(C)O2)c1. The van der Waals surface area contributed by atoms with Gasteiger partial charge >= 0.3 is 7.12 Å². The fourth-order valence-electron chi connectivity index (χ4n) is 2.79. The Balaban J connectivity index is 1.89. The zero-order chi connectivity index (χ0) is 19.1. The first kappa shape index (κ1) is 19.4. The first-order valence-electron chi connectivity index (χ1n) is 8.62. The molecule has 3 nitrogen and oxygen atoms in total. The van der Waals surface area contributed by atoms with Gasteiger partial charge in [-0.1, -0.05) is 23.8 Å². The number of ether oxygens (including phenoxy) is 1. The largest absolute Gasteiger partial charge is 0.498 e. The monoisotopic (exact) mass is 420 g/mol. The highest BCUT2D eigenvalue weighted by atomic mass is 79.9. The van der Waals surface area contributed by atoms with Crippen LogP contribution in [0.3, 0.4) is 0 Å². The van der Waals surface area contributed by atoms with E-state index in [0.29, 0.717) is 12.4 Å². The molecule has 0 aliphatic carbocycles. The van der Waals surface area contributed by atoms with E-state index in [1.807, 2.05) is 46.8 Å². The summed E-state index contributed by atoms with van der Waals surface area (Å²) in [5.41, 5.74) is 1.96. The van der Waals surface area contributed by atoms with Crippen LogP contribution in [0.2, 0.25) is 0 Å². The molecule has 0 amide bonds. The van der Waals surface area contributed by atoms with E-state index in [4.69, 9.17) is 14.0 Å². The quantitative estimate of drug-likeness (QED) is 0.666. The van der Waals surface area contributed by atoms with Crippen LogP contribution in [-0.2, 0) is 15.9 Å². The predicted molar refractivity (Wildman–Crippen MR) is 105 cm³/mol. The minimum absolute atomic E-state index is 0.261. The molecule has 1 fully saturated rings. The Morgan fingerprint density at radius 1 is 1.04 bits per heavy atom. The highest BCUT2D eigenvalue weighted by molar-refractivity contribution is 9.10. The lowest BCUT2D eigenvalue weighted by atomic mass is 9.77. The van der Waals surface area contributed by atoms with E-state index in [1.165, 1.54) is 12.1 Å². The number of rotatable bonds is 4. The Morgan fingerprint density at radius 2 is 1.62 bits per heavy atom. The summed E-state index contributed by atoms with van der Waals surface area (Å²) in [6, 6.07) is 10.3.